The molecule has 0 aliphatic rings. The van der Waals surface area contributed by atoms with Gasteiger partial charge in [-0.2, -0.15) is 0 Å². The Hall–Kier alpha value is -6.38. The Labute approximate surface area is 279 Å². The van der Waals surface area contributed by atoms with Crippen molar-refractivity contribution in [2.45, 2.75) is 0 Å². The number of benzene rings is 8. The zero-order valence-corrected chi connectivity index (χ0v) is 26.3. The summed E-state index contributed by atoms with van der Waals surface area (Å²) in [5.41, 5.74) is 11.9. The fourth-order valence-corrected chi connectivity index (χ4v) is 7.07. The first-order chi connectivity index (χ1) is 23.8. The van der Waals surface area contributed by atoms with Crippen LogP contribution in [0.3, 0.4) is 0 Å². The van der Waals surface area contributed by atoms with E-state index in [2.05, 4.69) is 187 Å². The number of furan rings is 1. The fourth-order valence-electron chi connectivity index (χ4n) is 7.07. The Morgan fingerprint density at radius 3 is 1.77 bits per heavy atom. The van der Waals surface area contributed by atoms with E-state index < -0.39 is 0 Å². The van der Waals surface area contributed by atoms with Crippen molar-refractivity contribution in [2.24, 2.45) is 0 Å². The number of fused-ring (bicyclic) bond motifs is 4. The van der Waals surface area contributed by atoms with Crippen LogP contribution in [0.5, 0.6) is 0 Å². The van der Waals surface area contributed by atoms with E-state index in [1.807, 2.05) is 6.07 Å². The van der Waals surface area contributed by atoms with Gasteiger partial charge in [0, 0.05) is 22.0 Å². The molecule has 9 aromatic rings. The summed E-state index contributed by atoms with van der Waals surface area (Å²) < 4.78 is 6.71. The molecule has 0 amide bonds. The summed E-state index contributed by atoms with van der Waals surface area (Å²) in [6.07, 6.45) is 0. The maximum Gasteiger partial charge on any atom is 0.159 e. The number of anilines is 3. The molecule has 9 rings (SSSR count). The highest BCUT2D eigenvalue weighted by atomic mass is 16.3. The largest absolute Gasteiger partial charge is 0.454 e. The lowest BCUT2D eigenvalue weighted by Gasteiger charge is -2.30. The molecular weight excluding hydrogens is 583 g/mol. The number of hydrogen-bond donors (Lipinski definition) is 0. The van der Waals surface area contributed by atoms with Crippen molar-refractivity contribution in [3.63, 3.8) is 0 Å². The highest BCUT2D eigenvalue weighted by Crippen LogP contribution is 2.50. The smallest absolute Gasteiger partial charge is 0.159 e. The number of para-hydroxylation sites is 2. The third kappa shape index (κ3) is 4.74. The van der Waals surface area contributed by atoms with Gasteiger partial charge in [-0.1, -0.05) is 158 Å². The Morgan fingerprint density at radius 1 is 0.375 bits per heavy atom. The number of hydrogen-bond acceptors (Lipinski definition) is 2. The van der Waals surface area contributed by atoms with Gasteiger partial charge in [0.05, 0.1) is 11.4 Å². The van der Waals surface area contributed by atoms with Crippen molar-refractivity contribution in [2.75, 3.05) is 4.90 Å². The molecule has 0 fully saturated rings. The molecule has 0 saturated heterocycles. The second kappa shape index (κ2) is 11.8. The average Bonchev–Trinajstić information content (AvgIpc) is 3.55. The van der Waals surface area contributed by atoms with Crippen molar-refractivity contribution in [1.29, 1.82) is 0 Å². The van der Waals surface area contributed by atoms with Crippen LogP contribution in [0.25, 0.3) is 66.1 Å². The molecule has 0 aliphatic heterocycles. The molecule has 0 saturated carbocycles. The SMILES string of the molecule is c1ccc(-c2ccccc2-c2c(-c3ccccc3)cccc2N(c2ccc3ccccc3c2)c2cccc3c2oc2ccccc23)cc1. The maximum atomic E-state index is 6.71. The summed E-state index contributed by atoms with van der Waals surface area (Å²) in [6.45, 7) is 0. The first-order valence-corrected chi connectivity index (χ1v) is 16.4. The molecule has 0 spiro atoms. The van der Waals surface area contributed by atoms with Gasteiger partial charge in [0.1, 0.15) is 5.58 Å². The van der Waals surface area contributed by atoms with Gasteiger partial charge in [-0.15, -0.1) is 0 Å². The minimum Gasteiger partial charge on any atom is -0.454 e. The maximum absolute atomic E-state index is 6.71. The molecule has 0 bridgehead atoms. The quantitative estimate of drug-likeness (QED) is 0.185. The van der Waals surface area contributed by atoms with E-state index in [9.17, 15) is 0 Å². The van der Waals surface area contributed by atoms with Crippen molar-refractivity contribution >= 4 is 49.8 Å². The molecule has 0 unspecified atom stereocenters. The Morgan fingerprint density at radius 2 is 0.958 bits per heavy atom. The van der Waals surface area contributed by atoms with E-state index in [0.717, 1.165) is 50.1 Å². The predicted octanol–water partition coefficient (Wildman–Crippen LogP) is 13.2. The molecule has 8 aromatic carbocycles. The molecule has 1 aromatic heterocycles. The third-order valence-corrected chi connectivity index (χ3v) is 9.27. The van der Waals surface area contributed by atoms with Gasteiger partial charge in [0.2, 0.25) is 0 Å². The van der Waals surface area contributed by atoms with Crippen LogP contribution in [-0.2, 0) is 0 Å². The van der Waals surface area contributed by atoms with Gasteiger partial charge in [-0.3, -0.25) is 0 Å². The molecule has 1 heterocycles. The molecule has 226 valence electrons. The molecule has 0 radical (unpaired) electrons. The Balaban J connectivity index is 1.40. The van der Waals surface area contributed by atoms with E-state index in [1.54, 1.807) is 0 Å². The normalized spacial score (nSPS) is 11.3. The second-order valence-corrected chi connectivity index (χ2v) is 12.1. The first kappa shape index (κ1) is 27.9. The second-order valence-electron chi connectivity index (χ2n) is 12.1. The topological polar surface area (TPSA) is 16.4 Å². The van der Waals surface area contributed by atoms with E-state index in [4.69, 9.17) is 4.42 Å². The lowest BCUT2D eigenvalue weighted by atomic mass is 9.87. The van der Waals surface area contributed by atoms with Gasteiger partial charge in [-0.05, 0) is 68.9 Å². The molecular formula is C46H31NO. The summed E-state index contributed by atoms with van der Waals surface area (Å²) in [4.78, 5) is 2.39. The van der Waals surface area contributed by atoms with E-state index in [0.29, 0.717) is 0 Å². The van der Waals surface area contributed by atoms with Crippen LogP contribution in [0.15, 0.2) is 192 Å². The molecule has 2 nitrogen and oxygen atoms in total. The molecule has 0 N–H and O–H groups in total. The Bertz CT molecular complexity index is 2560. The molecule has 0 atom stereocenters. The monoisotopic (exact) mass is 613 g/mol. The van der Waals surface area contributed by atoms with Gasteiger partial charge in [0.25, 0.3) is 0 Å². The van der Waals surface area contributed by atoms with Crippen molar-refractivity contribution < 1.29 is 4.42 Å². The summed E-state index contributed by atoms with van der Waals surface area (Å²) in [5, 5.41) is 4.60. The summed E-state index contributed by atoms with van der Waals surface area (Å²) in [7, 11) is 0. The van der Waals surface area contributed by atoms with Gasteiger partial charge >= 0.3 is 0 Å². The van der Waals surface area contributed by atoms with E-state index in [1.165, 1.54) is 33.0 Å². The minimum atomic E-state index is 0.860. The zero-order valence-electron chi connectivity index (χ0n) is 26.3. The number of nitrogens with zero attached hydrogens (tertiary/aromatic N) is 1. The summed E-state index contributed by atoms with van der Waals surface area (Å²) in [6, 6.07) is 66.9. The van der Waals surface area contributed by atoms with Gasteiger partial charge in [0.15, 0.2) is 5.58 Å². The first-order valence-electron chi connectivity index (χ1n) is 16.4. The fraction of sp³-hybridized carbons (Fsp3) is 0. The molecule has 48 heavy (non-hydrogen) atoms. The predicted molar refractivity (Wildman–Crippen MR) is 202 cm³/mol. The number of rotatable bonds is 6. The lowest BCUT2D eigenvalue weighted by Crippen LogP contribution is -2.12. The van der Waals surface area contributed by atoms with Crippen molar-refractivity contribution in [3.8, 4) is 33.4 Å². The zero-order chi connectivity index (χ0) is 31.9. The van der Waals surface area contributed by atoms with E-state index in [-0.39, 0.29) is 0 Å². The third-order valence-electron chi connectivity index (χ3n) is 9.27. The highest BCUT2D eigenvalue weighted by Gasteiger charge is 2.25. The van der Waals surface area contributed by atoms with Crippen molar-refractivity contribution in [3.05, 3.63) is 188 Å². The molecule has 0 aliphatic carbocycles. The van der Waals surface area contributed by atoms with Gasteiger partial charge < -0.3 is 9.32 Å². The standard InChI is InChI=1S/C46H31NO/c1-3-16-33(17-4-1)37-21-9-10-23-40(37)45-38(34-18-5-2-6-19-34)24-13-26-42(45)47(36-30-29-32-15-7-8-20-35(32)31-36)43-27-14-25-41-39-22-11-12-28-44(39)48-46(41)43/h1-31H. The van der Waals surface area contributed by atoms with Crippen LogP contribution in [-0.4, -0.2) is 0 Å². The van der Waals surface area contributed by atoms with Crippen LogP contribution in [0, 0.1) is 0 Å². The highest BCUT2D eigenvalue weighted by molar-refractivity contribution is 6.12. The van der Waals surface area contributed by atoms with Crippen LogP contribution in [0.1, 0.15) is 0 Å². The van der Waals surface area contributed by atoms with Crippen LogP contribution in [0.4, 0.5) is 17.1 Å². The van der Waals surface area contributed by atoms with Gasteiger partial charge in [-0.25, -0.2) is 0 Å². The lowest BCUT2D eigenvalue weighted by molar-refractivity contribution is 0.669. The van der Waals surface area contributed by atoms with Crippen molar-refractivity contribution in [1.82, 2.24) is 0 Å². The average molecular weight is 614 g/mol. The van der Waals surface area contributed by atoms with Crippen LogP contribution < -0.4 is 4.90 Å². The van der Waals surface area contributed by atoms with Crippen LogP contribution in [0.2, 0.25) is 0 Å². The Kier molecular flexibility index (Phi) is 6.84. The molecule has 2 heteroatoms. The summed E-state index contributed by atoms with van der Waals surface area (Å²) >= 11 is 0. The summed E-state index contributed by atoms with van der Waals surface area (Å²) in [5.74, 6) is 0. The minimum absolute atomic E-state index is 0.860. The van der Waals surface area contributed by atoms with E-state index >= 15 is 0 Å². The van der Waals surface area contributed by atoms with Crippen LogP contribution >= 0.6 is 0 Å².